The second-order valence-electron chi connectivity index (χ2n) is 3.77. The number of carbonyl (C=O) groups is 1. The van der Waals surface area contributed by atoms with E-state index in [0.717, 1.165) is 19.4 Å². The summed E-state index contributed by atoms with van der Waals surface area (Å²) in [6.45, 7) is 0.879. The van der Waals surface area contributed by atoms with Crippen LogP contribution in [0.15, 0.2) is 42.6 Å². The molecule has 0 unspecified atom stereocenters. The van der Waals surface area contributed by atoms with E-state index >= 15 is 0 Å². The minimum atomic E-state index is 0.249. The lowest BCUT2D eigenvalue weighted by Gasteiger charge is -2.07. The van der Waals surface area contributed by atoms with Crippen LogP contribution in [0.2, 0.25) is 0 Å². The Bertz CT molecular complexity index is 356. The first kappa shape index (κ1) is 9.97. The molecule has 2 nitrogen and oxygen atoms in total. The average molecular weight is 201 g/mol. The zero-order valence-electron chi connectivity index (χ0n) is 8.73. The van der Waals surface area contributed by atoms with E-state index in [1.165, 1.54) is 5.56 Å². The minimum absolute atomic E-state index is 0.249. The summed E-state index contributed by atoms with van der Waals surface area (Å²) in [4.78, 5) is 13.1. The maximum atomic E-state index is 11.3. The number of amides is 1. The molecule has 0 saturated carbocycles. The fourth-order valence-corrected chi connectivity index (χ4v) is 1.76. The lowest BCUT2D eigenvalue weighted by Crippen LogP contribution is -2.17. The smallest absolute Gasteiger partial charge is 0.226 e. The fourth-order valence-electron chi connectivity index (χ4n) is 1.76. The lowest BCUT2D eigenvalue weighted by atomic mass is 10.1. The van der Waals surface area contributed by atoms with Gasteiger partial charge in [0.1, 0.15) is 0 Å². The number of hydrogen-bond acceptors (Lipinski definition) is 1. The van der Waals surface area contributed by atoms with Crippen molar-refractivity contribution >= 4 is 5.91 Å². The van der Waals surface area contributed by atoms with E-state index in [2.05, 4.69) is 18.2 Å². The van der Waals surface area contributed by atoms with E-state index in [0.29, 0.717) is 6.42 Å². The maximum Gasteiger partial charge on any atom is 0.226 e. The quantitative estimate of drug-likeness (QED) is 0.735. The largest absolute Gasteiger partial charge is 0.319 e. The van der Waals surface area contributed by atoms with Gasteiger partial charge in [0.05, 0.1) is 0 Å². The molecule has 1 fully saturated rings. The highest BCUT2D eigenvalue weighted by Crippen LogP contribution is 2.10. The molecule has 2 heteroatoms. The summed E-state index contributed by atoms with van der Waals surface area (Å²) in [7, 11) is 0. The Morgan fingerprint density at radius 2 is 2.07 bits per heavy atom. The van der Waals surface area contributed by atoms with Gasteiger partial charge in [0.2, 0.25) is 5.91 Å². The molecule has 1 aliphatic heterocycles. The third kappa shape index (κ3) is 2.69. The molecule has 2 rings (SSSR count). The first-order valence-electron chi connectivity index (χ1n) is 5.36. The third-order valence-corrected chi connectivity index (χ3v) is 2.59. The van der Waals surface area contributed by atoms with Gasteiger partial charge in [-0.05, 0) is 18.4 Å². The van der Waals surface area contributed by atoms with Gasteiger partial charge in [0.25, 0.3) is 0 Å². The molecule has 1 heterocycles. The van der Waals surface area contributed by atoms with Gasteiger partial charge in [-0.1, -0.05) is 36.4 Å². The van der Waals surface area contributed by atoms with E-state index < -0.39 is 0 Å². The van der Waals surface area contributed by atoms with Gasteiger partial charge >= 0.3 is 0 Å². The first-order valence-corrected chi connectivity index (χ1v) is 5.36. The molecule has 1 aromatic rings. The minimum Gasteiger partial charge on any atom is -0.319 e. The Hall–Kier alpha value is -1.57. The van der Waals surface area contributed by atoms with Crippen LogP contribution in [-0.4, -0.2) is 17.4 Å². The van der Waals surface area contributed by atoms with Crippen LogP contribution in [0, 0.1) is 0 Å². The Balaban J connectivity index is 1.88. The topological polar surface area (TPSA) is 20.3 Å². The number of benzene rings is 1. The molecule has 0 radical (unpaired) electrons. The molecule has 0 spiro atoms. The molecule has 0 atom stereocenters. The van der Waals surface area contributed by atoms with Crippen LogP contribution in [0.5, 0.6) is 0 Å². The summed E-state index contributed by atoms with van der Waals surface area (Å²) in [5, 5.41) is 0. The van der Waals surface area contributed by atoms with E-state index in [1.807, 2.05) is 29.3 Å². The van der Waals surface area contributed by atoms with Crippen molar-refractivity contribution in [2.24, 2.45) is 0 Å². The maximum absolute atomic E-state index is 11.3. The molecule has 0 aliphatic carbocycles. The third-order valence-electron chi connectivity index (χ3n) is 2.59. The molecule has 0 aromatic heterocycles. The van der Waals surface area contributed by atoms with Crippen LogP contribution in [-0.2, 0) is 11.2 Å². The van der Waals surface area contributed by atoms with Crippen molar-refractivity contribution < 1.29 is 4.79 Å². The van der Waals surface area contributed by atoms with E-state index in [9.17, 15) is 4.79 Å². The number of nitrogens with zero attached hydrogens (tertiary/aromatic N) is 1. The fraction of sp³-hybridized carbons (Fsp3) is 0.308. The van der Waals surface area contributed by atoms with Crippen molar-refractivity contribution in [1.29, 1.82) is 0 Å². The number of allylic oxidation sites excluding steroid dienone is 1. The molecule has 0 N–H and O–H groups in total. The molecular formula is C13H15NO. The van der Waals surface area contributed by atoms with Gasteiger partial charge in [0.15, 0.2) is 0 Å². The number of carbonyl (C=O) groups excluding carboxylic acids is 1. The Kier molecular flexibility index (Phi) is 3.18. The molecule has 0 bridgehead atoms. The van der Waals surface area contributed by atoms with Crippen molar-refractivity contribution in [3.05, 3.63) is 48.2 Å². The van der Waals surface area contributed by atoms with Gasteiger partial charge in [-0.25, -0.2) is 0 Å². The molecule has 1 aliphatic rings. The highest BCUT2D eigenvalue weighted by Gasteiger charge is 2.16. The predicted octanol–water partition coefficient (Wildman–Crippen LogP) is 2.37. The summed E-state index contributed by atoms with van der Waals surface area (Å²) in [6, 6.07) is 10.3. The Labute approximate surface area is 90.2 Å². The van der Waals surface area contributed by atoms with Crippen LogP contribution in [0.25, 0.3) is 0 Å². The van der Waals surface area contributed by atoms with Crippen molar-refractivity contribution in [2.45, 2.75) is 19.3 Å². The number of likely N-dealkylation sites (tertiary alicyclic amines) is 1. The monoisotopic (exact) mass is 201 g/mol. The van der Waals surface area contributed by atoms with Crippen LogP contribution in [0.3, 0.4) is 0 Å². The Morgan fingerprint density at radius 1 is 1.27 bits per heavy atom. The second kappa shape index (κ2) is 4.78. The lowest BCUT2D eigenvalue weighted by molar-refractivity contribution is -0.125. The van der Waals surface area contributed by atoms with Crippen LogP contribution >= 0.6 is 0 Å². The summed E-state index contributed by atoms with van der Waals surface area (Å²) in [6.07, 6.45) is 6.57. The SMILES string of the molecule is O=C1CCCN1/C=C/Cc1ccccc1. The van der Waals surface area contributed by atoms with Gasteiger partial charge in [-0.3, -0.25) is 4.79 Å². The molecule has 78 valence electrons. The molecule has 15 heavy (non-hydrogen) atoms. The zero-order valence-corrected chi connectivity index (χ0v) is 8.73. The highest BCUT2D eigenvalue weighted by atomic mass is 16.2. The summed E-state index contributed by atoms with van der Waals surface area (Å²) < 4.78 is 0. The van der Waals surface area contributed by atoms with Crippen molar-refractivity contribution in [2.75, 3.05) is 6.54 Å². The van der Waals surface area contributed by atoms with E-state index in [1.54, 1.807) is 0 Å². The highest BCUT2D eigenvalue weighted by molar-refractivity contribution is 5.79. The normalized spacial score (nSPS) is 16.5. The van der Waals surface area contributed by atoms with Gasteiger partial charge < -0.3 is 4.90 Å². The van der Waals surface area contributed by atoms with Crippen LogP contribution in [0.1, 0.15) is 18.4 Å². The van der Waals surface area contributed by atoms with Gasteiger partial charge in [-0.15, -0.1) is 0 Å². The van der Waals surface area contributed by atoms with Crippen molar-refractivity contribution in [3.63, 3.8) is 0 Å². The summed E-state index contributed by atoms with van der Waals surface area (Å²) >= 11 is 0. The summed E-state index contributed by atoms with van der Waals surface area (Å²) in [5.41, 5.74) is 1.28. The Morgan fingerprint density at radius 3 is 2.73 bits per heavy atom. The summed E-state index contributed by atoms with van der Waals surface area (Å²) in [5.74, 6) is 0.249. The van der Waals surface area contributed by atoms with E-state index in [-0.39, 0.29) is 5.91 Å². The second-order valence-corrected chi connectivity index (χ2v) is 3.77. The van der Waals surface area contributed by atoms with Crippen LogP contribution in [0.4, 0.5) is 0 Å². The molecule has 1 saturated heterocycles. The number of rotatable bonds is 3. The predicted molar refractivity (Wildman–Crippen MR) is 60.2 cm³/mol. The van der Waals surface area contributed by atoms with Gasteiger partial charge in [-0.2, -0.15) is 0 Å². The van der Waals surface area contributed by atoms with Gasteiger partial charge in [0, 0.05) is 19.2 Å². The standard InChI is InChI=1S/C13H15NO/c15-13-9-5-11-14(13)10-4-8-12-6-2-1-3-7-12/h1-4,6-7,10H,5,8-9,11H2/b10-4+. The van der Waals surface area contributed by atoms with Crippen molar-refractivity contribution in [3.8, 4) is 0 Å². The average Bonchev–Trinajstić information content (AvgIpc) is 2.66. The zero-order chi connectivity index (χ0) is 10.5. The number of hydrogen-bond donors (Lipinski definition) is 0. The van der Waals surface area contributed by atoms with Crippen LogP contribution < -0.4 is 0 Å². The first-order chi connectivity index (χ1) is 7.36. The molecular weight excluding hydrogens is 186 g/mol. The van der Waals surface area contributed by atoms with E-state index in [4.69, 9.17) is 0 Å². The molecule has 1 aromatic carbocycles. The van der Waals surface area contributed by atoms with Crippen molar-refractivity contribution in [1.82, 2.24) is 4.90 Å². The molecule has 1 amide bonds.